The summed E-state index contributed by atoms with van der Waals surface area (Å²) in [4.78, 5) is 12.3. The van der Waals surface area contributed by atoms with Crippen molar-refractivity contribution >= 4 is 17.4 Å². The second kappa shape index (κ2) is 7.87. The summed E-state index contributed by atoms with van der Waals surface area (Å²) >= 11 is 0. The van der Waals surface area contributed by atoms with E-state index in [0.717, 1.165) is 17.0 Å². The van der Waals surface area contributed by atoms with Crippen LogP contribution in [0.2, 0.25) is 0 Å². The van der Waals surface area contributed by atoms with Gasteiger partial charge < -0.3 is 10.1 Å². The fourth-order valence-corrected chi connectivity index (χ4v) is 2.80. The molecule has 0 bridgehead atoms. The lowest BCUT2D eigenvalue weighted by atomic mass is 10.1. The molecule has 0 saturated carbocycles. The number of carbonyl (C=O) groups excluding carboxylic acids is 1. The molecule has 140 valence electrons. The Labute approximate surface area is 162 Å². The van der Waals surface area contributed by atoms with Gasteiger partial charge in [0.2, 0.25) is 0 Å². The molecule has 4 aromatic rings. The van der Waals surface area contributed by atoms with Gasteiger partial charge in [-0.2, -0.15) is 4.52 Å². The normalized spacial score (nSPS) is 10.8. The van der Waals surface area contributed by atoms with Gasteiger partial charge in [-0.25, -0.2) is 4.79 Å². The molecule has 0 spiro atoms. The number of aromatic nitrogens is 4. The van der Waals surface area contributed by atoms with Gasteiger partial charge in [0.15, 0.2) is 11.5 Å². The Kier molecular flexibility index (Phi) is 4.97. The highest BCUT2D eigenvalue weighted by Gasteiger charge is 2.09. The Balaban J connectivity index is 1.40. The van der Waals surface area contributed by atoms with Crippen molar-refractivity contribution in [2.75, 3.05) is 5.32 Å². The lowest BCUT2D eigenvalue weighted by Gasteiger charge is -2.08. The van der Waals surface area contributed by atoms with Crippen LogP contribution in [0.3, 0.4) is 0 Å². The molecule has 28 heavy (non-hydrogen) atoms. The van der Waals surface area contributed by atoms with E-state index in [2.05, 4.69) is 20.6 Å². The number of ether oxygens (including phenoxy) is 1. The van der Waals surface area contributed by atoms with Crippen molar-refractivity contribution in [2.24, 2.45) is 0 Å². The maximum absolute atomic E-state index is 12.3. The lowest BCUT2D eigenvalue weighted by molar-refractivity contribution is 0.0472. The van der Waals surface area contributed by atoms with Crippen LogP contribution in [0.5, 0.6) is 0 Å². The molecule has 2 heterocycles. The molecule has 0 saturated heterocycles. The summed E-state index contributed by atoms with van der Waals surface area (Å²) in [5, 5.41) is 15.7. The zero-order chi connectivity index (χ0) is 19.3. The number of nitrogens with one attached hydrogen (secondary N) is 1. The summed E-state index contributed by atoms with van der Waals surface area (Å²) in [7, 11) is 0. The molecule has 7 heteroatoms. The summed E-state index contributed by atoms with van der Waals surface area (Å²) in [5.74, 6) is 1.08. The van der Waals surface area contributed by atoms with Crippen molar-refractivity contribution in [3.8, 4) is 0 Å². The molecule has 4 rings (SSSR count). The van der Waals surface area contributed by atoms with Crippen molar-refractivity contribution in [2.45, 2.75) is 20.1 Å². The molecule has 2 aromatic carbocycles. The van der Waals surface area contributed by atoms with Crippen molar-refractivity contribution in [1.29, 1.82) is 0 Å². The van der Waals surface area contributed by atoms with Gasteiger partial charge in [-0.05, 0) is 42.3 Å². The van der Waals surface area contributed by atoms with Gasteiger partial charge >= 0.3 is 5.97 Å². The van der Waals surface area contributed by atoms with E-state index >= 15 is 0 Å². The highest BCUT2D eigenvalue weighted by atomic mass is 16.5. The minimum absolute atomic E-state index is 0.254. The molecule has 7 nitrogen and oxygen atoms in total. The third kappa shape index (κ3) is 3.98. The van der Waals surface area contributed by atoms with Crippen LogP contribution in [-0.2, 0) is 17.9 Å². The SMILES string of the molecule is Cc1nnc2ccc(NCc3cccc(C(=O)OCc4ccccc4)c3)nn12. The zero-order valence-corrected chi connectivity index (χ0v) is 15.4. The van der Waals surface area contributed by atoms with Crippen molar-refractivity contribution < 1.29 is 9.53 Å². The first kappa shape index (κ1) is 17.7. The fraction of sp³-hybridized carbons (Fsp3) is 0.143. The Morgan fingerprint density at radius 1 is 1.00 bits per heavy atom. The van der Waals surface area contributed by atoms with Gasteiger partial charge in [-0.3, -0.25) is 0 Å². The zero-order valence-electron chi connectivity index (χ0n) is 15.4. The van der Waals surface area contributed by atoms with Crippen LogP contribution in [0.25, 0.3) is 5.65 Å². The predicted octanol–water partition coefficient (Wildman–Crippen LogP) is 3.40. The topological polar surface area (TPSA) is 81.4 Å². The number of hydrogen-bond donors (Lipinski definition) is 1. The maximum Gasteiger partial charge on any atom is 0.338 e. The Hall–Kier alpha value is -3.74. The molecule has 0 amide bonds. The van der Waals surface area contributed by atoms with E-state index in [1.54, 1.807) is 10.6 Å². The first-order valence-electron chi connectivity index (χ1n) is 8.92. The van der Waals surface area contributed by atoms with E-state index in [0.29, 0.717) is 23.6 Å². The van der Waals surface area contributed by atoms with E-state index in [1.807, 2.05) is 67.6 Å². The number of anilines is 1. The van der Waals surface area contributed by atoms with Crippen LogP contribution in [-0.4, -0.2) is 25.8 Å². The number of nitrogens with zero attached hydrogens (tertiary/aromatic N) is 4. The number of fused-ring (bicyclic) bond motifs is 1. The minimum Gasteiger partial charge on any atom is -0.457 e. The van der Waals surface area contributed by atoms with Crippen LogP contribution in [0.15, 0.2) is 66.7 Å². The number of hydrogen-bond acceptors (Lipinski definition) is 6. The molecule has 0 fully saturated rings. The molecule has 0 atom stereocenters. The molecule has 0 unspecified atom stereocenters. The average molecular weight is 373 g/mol. The first-order chi connectivity index (χ1) is 13.7. The highest BCUT2D eigenvalue weighted by Crippen LogP contribution is 2.12. The third-order valence-electron chi connectivity index (χ3n) is 4.27. The minimum atomic E-state index is -0.342. The standard InChI is InChI=1S/C21H19N5O2/c1-15-23-24-20-11-10-19(25-26(15)20)22-13-17-8-5-9-18(12-17)21(27)28-14-16-6-3-2-4-7-16/h2-12H,13-14H2,1H3,(H,22,25). The van der Waals surface area contributed by atoms with Crippen LogP contribution >= 0.6 is 0 Å². The summed E-state index contributed by atoms with van der Waals surface area (Å²) in [6.45, 7) is 2.63. The monoisotopic (exact) mass is 373 g/mol. The molecule has 0 aliphatic heterocycles. The molecule has 0 aliphatic rings. The summed E-state index contributed by atoms with van der Waals surface area (Å²) < 4.78 is 7.08. The van der Waals surface area contributed by atoms with E-state index in [1.165, 1.54) is 0 Å². The highest BCUT2D eigenvalue weighted by molar-refractivity contribution is 5.89. The van der Waals surface area contributed by atoms with Gasteiger partial charge in [-0.1, -0.05) is 42.5 Å². The molecule has 0 aliphatic carbocycles. The van der Waals surface area contributed by atoms with Gasteiger partial charge in [-0.15, -0.1) is 15.3 Å². The average Bonchev–Trinajstić information content (AvgIpc) is 3.12. The fourth-order valence-electron chi connectivity index (χ4n) is 2.80. The van der Waals surface area contributed by atoms with E-state index < -0.39 is 0 Å². The smallest absolute Gasteiger partial charge is 0.338 e. The van der Waals surface area contributed by atoms with Gasteiger partial charge in [0, 0.05) is 6.54 Å². The van der Waals surface area contributed by atoms with Crippen molar-refractivity contribution in [3.05, 3.63) is 89.2 Å². The van der Waals surface area contributed by atoms with Crippen LogP contribution in [0.4, 0.5) is 5.82 Å². The van der Waals surface area contributed by atoms with Gasteiger partial charge in [0.05, 0.1) is 5.56 Å². The summed E-state index contributed by atoms with van der Waals surface area (Å²) in [6, 6.07) is 20.7. The Morgan fingerprint density at radius 3 is 2.68 bits per heavy atom. The number of benzene rings is 2. The number of rotatable bonds is 6. The predicted molar refractivity (Wildman–Crippen MR) is 105 cm³/mol. The second-order valence-corrected chi connectivity index (χ2v) is 6.35. The summed E-state index contributed by atoms with van der Waals surface area (Å²) in [5.41, 5.74) is 3.13. The number of aryl methyl sites for hydroxylation is 1. The van der Waals surface area contributed by atoms with E-state index in [9.17, 15) is 4.79 Å². The van der Waals surface area contributed by atoms with Crippen LogP contribution in [0, 0.1) is 6.92 Å². The largest absolute Gasteiger partial charge is 0.457 e. The lowest BCUT2D eigenvalue weighted by Crippen LogP contribution is -2.08. The maximum atomic E-state index is 12.3. The van der Waals surface area contributed by atoms with E-state index in [4.69, 9.17) is 4.74 Å². The number of carbonyl (C=O) groups is 1. The van der Waals surface area contributed by atoms with E-state index in [-0.39, 0.29) is 12.6 Å². The van der Waals surface area contributed by atoms with Crippen molar-refractivity contribution in [1.82, 2.24) is 19.8 Å². The van der Waals surface area contributed by atoms with Crippen LogP contribution in [0.1, 0.15) is 27.3 Å². The molecular weight excluding hydrogens is 354 g/mol. The van der Waals surface area contributed by atoms with Gasteiger partial charge in [0.1, 0.15) is 12.4 Å². The number of esters is 1. The quantitative estimate of drug-likeness (QED) is 0.522. The van der Waals surface area contributed by atoms with Crippen molar-refractivity contribution in [3.63, 3.8) is 0 Å². The van der Waals surface area contributed by atoms with Crippen LogP contribution < -0.4 is 5.32 Å². The van der Waals surface area contributed by atoms with Gasteiger partial charge in [0.25, 0.3) is 0 Å². The first-order valence-corrected chi connectivity index (χ1v) is 8.92. The molecule has 0 radical (unpaired) electrons. The Bertz CT molecular complexity index is 1110. The molecule has 2 aromatic heterocycles. The third-order valence-corrected chi connectivity index (χ3v) is 4.27. The molecule has 1 N–H and O–H groups in total. The molecular formula is C21H19N5O2. The second-order valence-electron chi connectivity index (χ2n) is 6.35. The Morgan fingerprint density at radius 2 is 1.82 bits per heavy atom. The summed E-state index contributed by atoms with van der Waals surface area (Å²) in [6.07, 6.45) is 0.